The fourth-order valence-electron chi connectivity index (χ4n) is 9.08. The number of nitrogens with one attached hydrogen (secondary N) is 1. The van der Waals surface area contributed by atoms with Crippen molar-refractivity contribution in [2.45, 2.75) is 6.17 Å². The van der Waals surface area contributed by atoms with Gasteiger partial charge in [0, 0.05) is 44.0 Å². The Bertz CT molecular complexity index is 3500. The van der Waals surface area contributed by atoms with Crippen LogP contribution in [0.5, 0.6) is 0 Å². The molecule has 0 radical (unpaired) electrons. The third-order valence-corrected chi connectivity index (χ3v) is 11.9. The number of aromatic nitrogens is 2. The van der Waals surface area contributed by atoms with E-state index in [1.165, 1.54) is 60.1 Å². The number of nitrogens with zero attached hydrogens (tertiary/aromatic N) is 4. The molecule has 1 unspecified atom stereocenters. The Balaban J connectivity index is 0.950. The van der Waals surface area contributed by atoms with E-state index in [9.17, 15) is 0 Å². The minimum Gasteiger partial charge on any atom is -0.344 e. The van der Waals surface area contributed by atoms with Gasteiger partial charge in [-0.1, -0.05) is 152 Å². The molecular weight excluding hydrogens is 731 g/mol. The molecule has 5 nitrogen and oxygen atoms in total. The van der Waals surface area contributed by atoms with Crippen LogP contribution in [0.25, 0.3) is 76.9 Å². The van der Waals surface area contributed by atoms with E-state index in [0.29, 0.717) is 0 Å². The van der Waals surface area contributed by atoms with Crippen LogP contribution in [-0.4, -0.2) is 20.8 Å². The zero-order valence-electron chi connectivity index (χ0n) is 32.6. The van der Waals surface area contributed by atoms with Crippen LogP contribution in [0.4, 0.5) is 0 Å². The van der Waals surface area contributed by atoms with Crippen LogP contribution in [-0.2, 0) is 0 Å². The molecule has 12 rings (SSSR count). The van der Waals surface area contributed by atoms with E-state index in [-0.39, 0.29) is 6.17 Å². The topological polar surface area (TPSA) is 46.6 Å². The van der Waals surface area contributed by atoms with Gasteiger partial charge in [-0.2, -0.15) is 0 Å². The molecule has 9 aromatic carbocycles. The molecule has 282 valence electrons. The number of fused-ring (bicyclic) bond motifs is 7. The summed E-state index contributed by atoms with van der Waals surface area (Å²) in [4.78, 5) is 10.1. The zero-order chi connectivity index (χ0) is 39.6. The van der Waals surface area contributed by atoms with E-state index in [4.69, 9.17) is 9.98 Å². The second-order valence-corrected chi connectivity index (χ2v) is 15.5. The molecule has 0 amide bonds. The predicted molar refractivity (Wildman–Crippen MR) is 250 cm³/mol. The van der Waals surface area contributed by atoms with Crippen molar-refractivity contribution in [2.24, 2.45) is 9.98 Å². The van der Waals surface area contributed by atoms with E-state index < -0.39 is 0 Å². The van der Waals surface area contributed by atoms with Crippen LogP contribution < -0.4 is 5.32 Å². The Morgan fingerprint density at radius 1 is 0.367 bits per heavy atom. The number of hydrogen-bond acceptors (Lipinski definition) is 3. The average molecular weight is 768 g/mol. The molecule has 5 heteroatoms. The molecule has 0 saturated carbocycles. The monoisotopic (exact) mass is 767 g/mol. The number of para-hydroxylation sites is 3. The van der Waals surface area contributed by atoms with Crippen LogP contribution in [0, 0.1) is 0 Å². The van der Waals surface area contributed by atoms with Gasteiger partial charge in [0.15, 0.2) is 5.84 Å². The highest BCUT2D eigenvalue weighted by atomic mass is 15.2. The molecule has 1 N–H and O–H groups in total. The van der Waals surface area contributed by atoms with Gasteiger partial charge in [-0.15, -0.1) is 0 Å². The minimum absolute atomic E-state index is 0.290. The molecule has 1 atom stereocenters. The smallest absolute Gasteiger partial charge is 0.159 e. The predicted octanol–water partition coefficient (Wildman–Crippen LogP) is 13.2. The number of rotatable bonds is 6. The lowest BCUT2D eigenvalue weighted by atomic mass is 10.0. The SMILES string of the molecule is c1ccc(C2=NC(c3ccc4cc(-n5c6ccccc6c6ccc(-c7ccc8c(c7)c7ccccc7n8-c7ccccc7)cc65)ccc4c3)NC(c3ccccc3)=N2)cc1. The first kappa shape index (κ1) is 34.1. The Kier molecular flexibility index (Phi) is 7.85. The maximum atomic E-state index is 5.12. The second-order valence-electron chi connectivity index (χ2n) is 15.5. The van der Waals surface area contributed by atoms with Crippen molar-refractivity contribution < 1.29 is 0 Å². The van der Waals surface area contributed by atoms with Gasteiger partial charge in [0.25, 0.3) is 0 Å². The van der Waals surface area contributed by atoms with Crippen molar-refractivity contribution in [3.05, 3.63) is 229 Å². The van der Waals surface area contributed by atoms with Gasteiger partial charge in [-0.25, -0.2) is 9.98 Å². The first-order chi connectivity index (χ1) is 29.7. The fourth-order valence-corrected chi connectivity index (χ4v) is 9.08. The van der Waals surface area contributed by atoms with Crippen molar-refractivity contribution in [2.75, 3.05) is 0 Å². The standard InChI is InChI=1S/C55H37N5/c1-4-14-36(15-5-1)53-56-54(37-16-6-2-7-17-37)58-55(57-53)42-25-24-39-33-44(29-26-38(39)32-42)60-49-22-12-10-20-45(49)47-30-27-41(35-52(47)60)40-28-31-51-48(34-40)46-21-11-13-23-50(46)59(51)43-18-8-3-9-19-43/h1-35,55H,(H,56,57,58). The molecule has 11 aromatic rings. The van der Waals surface area contributed by atoms with Gasteiger partial charge in [0.2, 0.25) is 0 Å². The molecule has 60 heavy (non-hydrogen) atoms. The van der Waals surface area contributed by atoms with Gasteiger partial charge in [0.05, 0.1) is 22.1 Å². The maximum Gasteiger partial charge on any atom is 0.159 e. The minimum atomic E-state index is -0.290. The summed E-state index contributed by atoms with van der Waals surface area (Å²) in [5.41, 5.74) is 12.5. The number of hydrogen-bond donors (Lipinski definition) is 1. The fraction of sp³-hybridized carbons (Fsp3) is 0.0182. The van der Waals surface area contributed by atoms with E-state index in [0.717, 1.165) is 45.1 Å². The number of aliphatic imine (C=N–C) groups is 2. The van der Waals surface area contributed by atoms with E-state index in [1.54, 1.807) is 0 Å². The lowest BCUT2D eigenvalue weighted by Gasteiger charge is -2.24. The molecule has 0 fully saturated rings. The normalized spacial score (nSPS) is 14.2. The summed E-state index contributed by atoms with van der Waals surface area (Å²) in [6.07, 6.45) is -0.290. The Labute approximate surface area is 346 Å². The molecule has 0 saturated heterocycles. The van der Waals surface area contributed by atoms with Crippen molar-refractivity contribution in [3.63, 3.8) is 0 Å². The second kappa shape index (κ2) is 13.8. The van der Waals surface area contributed by atoms with Crippen LogP contribution in [0.2, 0.25) is 0 Å². The van der Waals surface area contributed by atoms with E-state index in [1.807, 2.05) is 36.4 Å². The molecule has 1 aliphatic rings. The lowest BCUT2D eigenvalue weighted by Crippen LogP contribution is -2.33. The van der Waals surface area contributed by atoms with Crippen LogP contribution in [0.1, 0.15) is 22.9 Å². The quantitative estimate of drug-likeness (QED) is 0.180. The van der Waals surface area contributed by atoms with Crippen molar-refractivity contribution >= 4 is 66.1 Å². The zero-order valence-corrected chi connectivity index (χ0v) is 32.6. The first-order valence-corrected chi connectivity index (χ1v) is 20.4. The van der Waals surface area contributed by atoms with E-state index >= 15 is 0 Å². The number of benzene rings is 9. The van der Waals surface area contributed by atoms with Gasteiger partial charge in [0.1, 0.15) is 12.0 Å². The summed E-state index contributed by atoms with van der Waals surface area (Å²) in [5, 5.41) is 10.9. The molecule has 0 bridgehead atoms. The van der Waals surface area contributed by atoms with E-state index in [2.05, 4.69) is 190 Å². The summed E-state index contributed by atoms with van der Waals surface area (Å²) >= 11 is 0. The van der Waals surface area contributed by atoms with Crippen LogP contribution >= 0.6 is 0 Å². The van der Waals surface area contributed by atoms with Gasteiger partial charge in [-0.3, -0.25) is 0 Å². The Hall–Kier alpha value is -8.02. The highest BCUT2D eigenvalue weighted by molar-refractivity contribution is 6.14. The summed E-state index contributed by atoms with van der Waals surface area (Å²) in [5.74, 6) is 1.53. The highest BCUT2D eigenvalue weighted by Gasteiger charge is 2.22. The highest BCUT2D eigenvalue weighted by Crippen LogP contribution is 2.39. The molecule has 0 aliphatic carbocycles. The summed E-state index contributed by atoms with van der Waals surface area (Å²) in [6.45, 7) is 0. The third-order valence-electron chi connectivity index (χ3n) is 11.9. The van der Waals surface area contributed by atoms with Crippen LogP contribution in [0.15, 0.2) is 222 Å². The van der Waals surface area contributed by atoms with Crippen LogP contribution in [0.3, 0.4) is 0 Å². The summed E-state index contributed by atoms with van der Waals surface area (Å²) < 4.78 is 4.79. The van der Waals surface area contributed by atoms with Gasteiger partial charge in [-0.05, 0) is 88.1 Å². The maximum absolute atomic E-state index is 5.12. The Morgan fingerprint density at radius 3 is 1.70 bits per heavy atom. The molecule has 3 heterocycles. The average Bonchev–Trinajstić information content (AvgIpc) is 3.84. The molecule has 1 aliphatic heterocycles. The molecule has 2 aromatic heterocycles. The largest absolute Gasteiger partial charge is 0.344 e. The first-order valence-electron chi connectivity index (χ1n) is 20.4. The summed E-state index contributed by atoms with van der Waals surface area (Å²) in [7, 11) is 0. The van der Waals surface area contributed by atoms with Crippen molar-refractivity contribution in [3.8, 4) is 22.5 Å². The number of amidine groups is 2. The van der Waals surface area contributed by atoms with Crippen molar-refractivity contribution in [1.82, 2.24) is 14.5 Å². The van der Waals surface area contributed by atoms with Crippen molar-refractivity contribution in [1.29, 1.82) is 0 Å². The lowest BCUT2D eigenvalue weighted by molar-refractivity contribution is 0.675. The third kappa shape index (κ3) is 5.63. The molecule has 0 spiro atoms. The van der Waals surface area contributed by atoms with Gasteiger partial charge >= 0.3 is 0 Å². The Morgan fingerprint density at radius 2 is 0.933 bits per heavy atom. The van der Waals surface area contributed by atoms with Gasteiger partial charge < -0.3 is 14.5 Å². The summed E-state index contributed by atoms with van der Waals surface area (Å²) in [6, 6.07) is 75.9. The molecular formula is C55H37N5.